The highest BCUT2D eigenvalue weighted by atomic mass is 35.5. The smallest absolute Gasteiger partial charge is 0.329 e. The Labute approximate surface area is 114 Å². The van der Waals surface area contributed by atoms with Gasteiger partial charge >= 0.3 is 5.97 Å². The van der Waals surface area contributed by atoms with Crippen molar-refractivity contribution in [2.24, 2.45) is 0 Å². The molecule has 0 aromatic heterocycles. The number of likely N-dealkylation sites (tertiary alicyclic amines) is 1. The second kappa shape index (κ2) is 4.81. The lowest BCUT2D eigenvalue weighted by Gasteiger charge is -2.31. The zero-order valence-corrected chi connectivity index (χ0v) is 11.1. The Morgan fingerprint density at radius 3 is 2.79 bits per heavy atom. The molecular formula is C13H13ClFNO3. The fraction of sp³-hybridized carbons (Fsp3) is 0.385. The average Bonchev–Trinajstić information content (AvgIpc) is 2.75. The Bertz CT molecular complexity index is 549. The molecule has 1 unspecified atom stereocenters. The molecule has 2 rings (SSSR count). The molecule has 102 valence electrons. The van der Waals surface area contributed by atoms with Gasteiger partial charge < -0.3 is 10.0 Å². The quantitative estimate of drug-likeness (QED) is 0.908. The van der Waals surface area contributed by atoms with Gasteiger partial charge in [0, 0.05) is 11.6 Å². The fourth-order valence-electron chi connectivity index (χ4n) is 2.32. The van der Waals surface area contributed by atoms with Crippen molar-refractivity contribution in [2.45, 2.75) is 25.3 Å². The number of nitrogens with zero attached hydrogens (tertiary/aromatic N) is 1. The third kappa shape index (κ3) is 2.30. The number of amides is 1. The van der Waals surface area contributed by atoms with Crippen LogP contribution in [0.5, 0.6) is 0 Å². The second-order valence-corrected chi connectivity index (χ2v) is 5.20. The minimum Gasteiger partial charge on any atom is -0.480 e. The van der Waals surface area contributed by atoms with Gasteiger partial charge in [-0.05, 0) is 38.0 Å². The maximum absolute atomic E-state index is 13.7. The van der Waals surface area contributed by atoms with Crippen LogP contribution in [0.1, 0.15) is 30.1 Å². The Kier molecular flexibility index (Phi) is 3.49. The molecule has 1 atom stereocenters. The van der Waals surface area contributed by atoms with Gasteiger partial charge in [-0.3, -0.25) is 4.79 Å². The summed E-state index contributed by atoms with van der Waals surface area (Å²) < 4.78 is 13.7. The first-order valence-corrected chi connectivity index (χ1v) is 6.24. The van der Waals surface area contributed by atoms with Crippen LogP contribution in [-0.2, 0) is 4.79 Å². The number of aliphatic carboxylic acids is 1. The fourth-order valence-corrected chi connectivity index (χ4v) is 2.49. The molecule has 1 aliphatic heterocycles. The average molecular weight is 286 g/mol. The number of carboxylic acid groups (broad SMARTS) is 1. The zero-order chi connectivity index (χ0) is 14.2. The van der Waals surface area contributed by atoms with Crippen LogP contribution in [0.25, 0.3) is 0 Å². The zero-order valence-electron chi connectivity index (χ0n) is 10.3. The van der Waals surface area contributed by atoms with E-state index in [1.807, 2.05) is 0 Å². The molecule has 1 aromatic rings. The second-order valence-electron chi connectivity index (χ2n) is 4.76. The van der Waals surface area contributed by atoms with E-state index in [1.165, 1.54) is 24.0 Å². The maximum Gasteiger partial charge on any atom is 0.329 e. The van der Waals surface area contributed by atoms with Crippen molar-refractivity contribution in [3.63, 3.8) is 0 Å². The van der Waals surface area contributed by atoms with Crippen molar-refractivity contribution in [1.29, 1.82) is 0 Å². The van der Waals surface area contributed by atoms with Crippen LogP contribution in [-0.4, -0.2) is 34.0 Å². The molecule has 1 amide bonds. The summed E-state index contributed by atoms with van der Waals surface area (Å²) in [6.45, 7) is 1.77. The molecule has 1 heterocycles. The monoisotopic (exact) mass is 285 g/mol. The molecule has 6 heteroatoms. The minimum absolute atomic E-state index is 0.193. The van der Waals surface area contributed by atoms with E-state index in [9.17, 15) is 19.1 Å². The van der Waals surface area contributed by atoms with Gasteiger partial charge in [-0.2, -0.15) is 0 Å². The number of halogens is 2. The van der Waals surface area contributed by atoms with E-state index < -0.39 is 23.2 Å². The van der Waals surface area contributed by atoms with E-state index in [2.05, 4.69) is 0 Å². The van der Waals surface area contributed by atoms with E-state index in [0.29, 0.717) is 19.4 Å². The summed E-state index contributed by atoms with van der Waals surface area (Å²) in [6.07, 6.45) is 0.937. The van der Waals surface area contributed by atoms with Gasteiger partial charge in [0.05, 0.1) is 5.56 Å². The Morgan fingerprint density at radius 2 is 2.16 bits per heavy atom. The molecule has 1 aliphatic rings. The number of rotatable bonds is 2. The number of benzene rings is 1. The highest BCUT2D eigenvalue weighted by Crippen LogP contribution is 2.31. The van der Waals surface area contributed by atoms with Crippen LogP contribution in [0.4, 0.5) is 4.39 Å². The number of hydrogen-bond donors (Lipinski definition) is 1. The van der Waals surface area contributed by atoms with Crippen molar-refractivity contribution in [1.82, 2.24) is 4.90 Å². The van der Waals surface area contributed by atoms with Crippen LogP contribution in [0.2, 0.25) is 5.02 Å². The van der Waals surface area contributed by atoms with Gasteiger partial charge in [0.2, 0.25) is 0 Å². The summed E-state index contributed by atoms with van der Waals surface area (Å²) in [4.78, 5) is 24.8. The van der Waals surface area contributed by atoms with E-state index >= 15 is 0 Å². The molecule has 0 saturated carbocycles. The van der Waals surface area contributed by atoms with Crippen LogP contribution in [0, 0.1) is 5.82 Å². The number of carbonyl (C=O) groups is 2. The van der Waals surface area contributed by atoms with Crippen molar-refractivity contribution in [3.05, 3.63) is 34.6 Å². The SMILES string of the molecule is CC1(C(=O)O)CCCN1C(=O)c1cc(Cl)ccc1F. The van der Waals surface area contributed by atoms with E-state index in [0.717, 1.165) is 6.07 Å². The van der Waals surface area contributed by atoms with Gasteiger partial charge in [0.25, 0.3) is 5.91 Å². The highest BCUT2D eigenvalue weighted by Gasteiger charge is 2.46. The van der Waals surface area contributed by atoms with Gasteiger partial charge in [-0.1, -0.05) is 11.6 Å². The number of carboxylic acids is 1. The summed E-state index contributed by atoms with van der Waals surface area (Å²) in [5, 5.41) is 9.49. The third-order valence-corrected chi connectivity index (χ3v) is 3.74. The molecule has 0 radical (unpaired) electrons. The molecule has 0 spiro atoms. The molecule has 19 heavy (non-hydrogen) atoms. The van der Waals surface area contributed by atoms with Gasteiger partial charge in [0.15, 0.2) is 0 Å². The third-order valence-electron chi connectivity index (χ3n) is 3.51. The molecular weight excluding hydrogens is 273 g/mol. The first-order valence-electron chi connectivity index (χ1n) is 5.86. The Hall–Kier alpha value is -1.62. The van der Waals surface area contributed by atoms with Gasteiger partial charge in [0.1, 0.15) is 11.4 Å². The lowest BCUT2D eigenvalue weighted by molar-refractivity contribution is -0.147. The van der Waals surface area contributed by atoms with Crippen LogP contribution < -0.4 is 0 Å². The highest BCUT2D eigenvalue weighted by molar-refractivity contribution is 6.31. The van der Waals surface area contributed by atoms with Gasteiger partial charge in [-0.15, -0.1) is 0 Å². The predicted molar refractivity (Wildman–Crippen MR) is 67.7 cm³/mol. The minimum atomic E-state index is -1.29. The first-order chi connectivity index (χ1) is 8.86. The summed E-state index contributed by atoms with van der Waals surface area (Å²) in [6, 6.07) is 3.66. The molecule has 0 bridgehead atoms. The van der Waals surface area contributed by atoms with E-state index in [4.69, 9.17) is 11.6 Å². The van der Waals surface area contributed by atoms with Crippen molar-refractivity contribution in [3.8, 4) is 0 Å². The molecule has 4 nitrogen and oxygen atoms in total. The van der Waals surface area contributed by atoms with Crippen molar-refractivity contribution >= 4 is 23.5 Å². The summed E-state index contributed by atoms with van der Waals surface area (Å²) in [5.74, 6) is -2.42. The maximum atomic E-state index is 13.7. The Morgan fingerprint density at radius 1 is 1.47 bits per heavy atom. The van der Waals surface area contributed by atoms with Crippen LogP contribution in [0.3, 0.4) is 0 Å². The molecule has 0 aliphatic carbocycles. The summed E-state index contributed by atoms with van der Waals surface area (Å²) in [7, 11) is 0. The Balaban J connectivity index is 2.39. The van der Waals surface area contributed by atoms with E-state index in [-0.39, 0.29) is 10.6 Å². The summed E-state index contributed by atoms with van der Waals surface area (Å²) >= 11 is 5.75. The van der Waals surface area contributed by atoms with Crippen LogP contribution in [0.15, 0.2) is 18.2 Å². The van der Waals surface area contributed by atoms with Gasteiger partial charge in [-0.25, -0.2) is 9.18 Å². The van der Waals surface area contributed by atoms with Crippen molar-refractivity contribution < 1.29 is 19.1 Å². The standard InChI is InChI=1S/C13H13ClFNO3/c1-13(12(18)19)5-2-6-16(13)11(17)9-7-8(14)3-4-10(9)15/h3-4,7H,2,5-6H2,1H3,(H,18,19). The number of carbonyl (C=O) groups excluding carboxylic acids is 1. The van der Waals surface area contributed by atoms with Crippen LogP contribution >= 0.6 is 11.6 Å². The largest absolute Gasteiger partial charge is 0.480 e. The summed E-state index contributed by atoms with van der Waals surface area (Å²) in [5.41, 5.74) is -1.48. The topological polar surface area (TPSA) is 57.6 Å². The molecule has 1 N–H and O–H groups in total. The normalized spacial score (nSPS) is 22.6. The molecule has 1 aromatic carbocycles. The predicted octanol–water partition coefficient (Wildman–Crippen LogP) is 2.56. The lowest BCUT2D eigenvalue weighted by atomic mass is 9.98. The van der Waals surface area contributed by atoms with E-state index in [1.54, 1.807) is 0 Å². The molecule has 1 fully saturated rings. The first kappa shape index (κ1) is 13.8. The number of hydrogen-bond acceptors (Lipinski definition) is 2. The van der Waals surface area contributed by atoms with Crippen molar-refractivity contribution in [2.75, 3.05) is 6.54 Å². The lowest BCUT2D eigenvalue weighted by Crippen LogP contribution is -2.50. The molecule has 1 saturated heterocycles.